The van der Waals surface area contributed by atoms with Gasteiger partial charge in [0.25, 0.3) is 0 Å². The Labute approximate surface area is 87.0 Å². The van der Waals surface area contributed by atoms with Crippen LogP contribution in [0.3, 0.4) is 0 Å². The van der Waals surface area contributed by atoms with Crippen LogP contribution in [-0.2, 0) is 4.79 Å². The Kier molecular flexibility index (Phi) is 4.24. The summed E-state index contributed by atoms with van der Waals surface area (Å²) in [6.45, 7) is 1.93. The minimum Gasteiger partial charge on any atom is -0.347 e. The molecule has 0 fully saturated rings. The monoisotopic (exact) mass is 216 g/mol. The van der Waals surface area contributed by atoms with Crippen molar-refractivity contribution in [1.82, 2.24) is 10.3 Å². The number of amides is 1. The summed E-state index contributed by atoms with van der Waals surface area (Å²) in [4.78, 5) is 15.3. The van der Waals surface area contributed by atoms with E-state index in [0.717, 1.165) is 5.01 Å². The maximum atomic E-state index is 11.2. The zero-order chi connectivity index (χ0) is 9.68. The lowest BCUT2D eigenvalue weighted by molar-refractivity contribution is -0.121. The van der Waals surface area contributed by atoms with Gasteiger partial charge in [0.1, 0.15) is 5.01 Å². The standard InChI is InChI=1S/C8H12N2OS2/c1-6(8-9-3-5-13-8)10-7(11)2-4-12/h3,5-6,12H,2,4H2,1H3,(H,10,11). The van der Waals surface area contributed by atoms with Crippen LogP contribution in [0.5, 0.6) is 0 Å². The first-order chi connectivity index (χ1) is 6.24. The van der Waals surface area contributed by atoms with Crippen LogP contribution in [0.1, 0.15) is 24.4 Å². The van der Waals surface area contributed by atoms with E-state index in [2.05, 4.69) is 22.9 Å². The summed E-state index contributed by atoms with van der Waals surface area (Å²) < 4.78 is 0. The number of nitrogens with zero attached hydrogens (tertiary/aromatic N) is 1. The average molecular weight is 216 g/mol. The van der Waals surface area contributed by atoms with Crippen LogP contribution in [-0.4, -0.2) is 16.6 Å². The molecular formula is C8H12N2OS2. The van der Waals surface area contributed by atoms with Gasteiger partial charge in [0, 0.05) is 18.0 Å². The maximum Gasteiger partial charge on any atom is 0.221 e. The fourth-order valence-corrected chi connectivity index (χ4v) is 1.77. The molecule has 0 aliphatic rings. The first-order valence-electron chi connectivity index (χ1n) is 4.03. The molecule has 1 N–H and O–H groups in total. The van der Waals surface area contributed by atoms with Crippen molar-refractivity contribution in [2.45, 2.75) is 19.4 Å². The predicted octanol–water partition coefficient (Wildman–Crippen LogP) is 1.64. The van der Waals surface area contributed by atoms with Crippen molar-refractivity contribution >= 4 is 29.9 Å². The van der Waals surface area contributed by atoms with Gasteiger partial charge in [0.2, 0.25) is 5.91 Å². The van der Waals surface area contributed by atoms with Gasteiger partial charge in [-0.3, -0.25) is 4.79 Å². The zero-order valence-electron chi connectivity index (χ0n) is 7.36. The number of aromatic nitrogens is 1. The van der Waals surface area contributed by atoms with Crippen molar-refractivity contribution in [2.75, 3.05) is 5.75 Å². The first-order valence-corrected chi connectivity index (χ1v) is 5.55. The largest absolute Gasteiger partial charge is 0.347 e. The number of carbonyl (C=O) groups excluding carboxylic acids is 1. The number of hydrogen-bond acceptors (Lipinski definition) is 4. The number of carbonyl (C=O) groups is 1. The number of hydrogen-bond donors (Lipinski definition) is 2. The van der Waals surface area contributed by atoms with Gasteiger partial charge in [-0.2, -0.15) is 12.6 Å². The third kappa shape index (κ3) is 3.36. The first kappa shape index (κ1) is 10.5. The van der Waals surface area contributed by atoms with Gasteiger partial charge in [0.15, 0.2) is 0 Å². The molecule has 0 aromatic carbocycles. The van der Waals surface area contributed by atoms with E-state index >= 15 is 0 Å². The van der Waals surface area contributed by atoms with Crippen LogP contribution in [0.2, 0.25) is 0 Å². The third-order valence-corrected chi connectivity index (χ3v) is 2.72. The smallest absolute Gasteiger partial charge is 0.221 e. The molecule has 0 bridgehead atoms. The molecule has 5 heteroatoms. The molecule has 1 rings (SSSR count). The second-order valence-corrected chi connectivity index (χ2v) is 4.01. The SMILES string of the molecule is CC(NC(=O)CCS)c1nccs1. The molecule has 1 heterocycles. The number of nitrogens with one attached hydrogen (secondary N) is 1. The van der Waals surface area contributed by atoms with E-state index < -0.39 is 0 Å². The minimum atomic E-state index is 0.00684. The topological polar surface area (TPSA) is 42.0 Å². The molecule has 1 amide bonds. The molecule has 0 saturated carbocycles. The summed E-state index contributed by atoms with van der Waals surface area (Å²) in [6.07, 6.45) is 2.19. The van der Waals surface area contributed by atoms with Crippen LogP contribution in [0.15, 0.2) is 11.6 Å². The van der Waals surface area contributed by atoms with Gasteiger partial charge in [-0.05, 0) is 12.7 Å². The van der Waals surface area contributed by atoms with Gasteiger partial charge in [0.05, 0.1) is 6.04 Å². The van der Waals surface area contributed by atoms with Crippen LogP contribution in [0, 0.1) is 0 Å². The molecule has 0 saturated heterocycles. The van der Waals surface area contributed by atoms with E-state index in [0.29, 0.717) is 12.2 Å². The molecule has 0 spiro atoms. The quantitative estimate of drug-likeness (QED) is 0.751. The van der Waals surface area contributed by atoms with Crippen molar-refractivity contribution in [3.63, 3.8) is 0 Å². The highest BCUT2D eigenvalue weighted by Gasteiger charge is 2.10. The van der Waals surface area contributed by atoms with E-state index in [1.807, 2.05) is 12.3 Å². The van der Waals surface area contributed by atoms with Crippen LogP contribution < -0.4 is 5.32 Å². The molecular weight excluding hydrogens is 204 g/mol. The highest BCUT2D eigenvalue weighted by atomic mass is 32.1. The van der Waals surface area contributed by atoms with Crippen molar-refractivity contribution < 1.29 is 4.79 Å². The van der Waals surface area contributed by atoms with Crippen LogP contribution in [0.4, 0.5) is 0 Å². The van der Waals surface area contributed by atoms with E-state index in [9.17, 15) is 4.79 Å². The Morgan fingerprint density at radius 2 is 2.62 bits per heavy atom. The van der Waals surface area contributed by atoms with Crippen LogP contribution >= 0.6 is 24.0 Å². The Hall–Kier alpha value is -0.550. The fourth-order valence-electron chi connectivity index (χ4n) is 0.925. The Bertz CT molecular complexity index is 261. The summed E-state index contributed by atoms with van der Waals surface area (Å²) in [5.74, 6) is 0.605. The molecule has 1 atom stereocenters. The summed E-state index contributed by atoms with van der Waals surface area (Å²) in [7, 11) is 0. The lowest BCUT2D eigenvalue weighted by Crippen LogP contribution is -2.26. The summed E-state index contributed by atoms with van der Waals surface area (Å²) >= 11 is 5.53. The molecule has 1 aromatic heterocycles. The molecule has 0 aliphatic carbocycles. The van der Waals surface area contributed by atoms with E-state index in [1.54, 1.807) is 17.5 Å². The Balaban J connectivity index is 2.42. The van der Waals surface area contributed by atoms with E-state index in [4.69, 9.17) is 0 Å². The molecule has 1 unspecified atom stereocenters. The number of thiazole rings is 1. The number of rotatable bonds is 4. The fraction of sp³-hybridized carbons (Fsp3) is 0.500. The van der Waals surface area contributed by atoms with Gasteiger partial charge in [-0.25, -0.2) is 4.98 Å². The molecule has 0 radical (unpaired) electrons. The number of thiol groups is 1. The average Bonchev–Trinajstić information content (AvgIpc) is 2.55. The van der Waals surface area contributed by atoms with Crippen molar-refractivity contribution in [2.24, 2.45) is 0 Å². The van der Waals surface area contributed by atoms with Gasteiger partial charge >= 0.3 is 0 Å². The summed E-state index contributed by atoms with van der Waals surface area (Å²) in [5.41, 5.74) is 0. The highest BCUT2D eigenvalue weighted by Crippen LogP contribution is 2.14. The molecule has 0 aliphatic heterocycles. The van der Waals surface area contributed by atoms with Gasteiger partial charge in [-0.15, -0.1) is 11.3 Å². The van der Waals surface area contributed by atoms with Gasteiger partial charge in [-0.1, -0.05) is 0 Å². The van der Waals surface area contributed by atoms with Gasteiger partial charge < -0.3 is 5.32 Å². The normalized spacial score (nSPS) is 12.5. The lowest BCUT2D eigenvalue weighted by atomic mass is 10.3. The predicted molar refractivity (Wildman–Crippen MR) is 57.1 cm³/mol. The molecule has 13 heavy (non-hydrogen) atoms. The molecule has 3 nitrogen and oxygen atoms in total. The van der Waals surface area contributed by atoms with Crippen molar-refractivity contribution in [1.29, 1.82) is 0 Å². The molecule has 72 valence electrons. The second kappa shape index (κ2) is 5.24. The highest BCUT2D eigenvalue weighted by molar-refractivity contribution is 7.80. The third-order valence-electron chi connectivity index (χ3n) is 1.54. The second-order valence-electron chi connectivity index (χ2n) is 2.63. The lowest BCUT2D eigenvalue weighted by Gasteiger charge is -2.09. The van der Waals surface area contributed by atoms with Crippen molar-refractivity contribution in [3.8, 4) is 0 Å². The summed E-state index contributed by atoms with van der Waals surface area (Å²) in [6, 6.07) is 0.00684. The Morgan fingerprint density at radius 1 is 1.85 bits per heavy atom. The summed E-state index contributed by atoms with van der Waals surface area (Å²) in [5, 5.41) is 5.68. The van der Waals surface area contributed by atoms with Crippen LogP contribution in [0.25, 0.3) is 0 Å². The minimum absolute atomic E-state index is 0.00684. The van der Waals surface area contributed by atoms with Crippen molar-refractivity contribution in [3.05, 3.63) is 16.6 Å². The Morgan fingerprint density at radius 3 is 3.15 bits per heavy atom. The zero-order valence-corrected chi connectivity index (χ0v) is 9.07. The molecule has 1 aromatic rings. The van der Waals surface area contributed by atoms with E-state index in [-0.39, 0.29) is 11.9 Å². The van der Waals surface area contributed by atoms with E-state index in [1.165, 1.54) is 0 Å². The maximum absolute atomic E-state index is 11.2.